The van der Waals surface area contributed by atoms with Crippen molar-refractivity contribution in [3.63, 3.8) is 0 Å². The molecule has 0 aliphatic carbocycles. The second-order valence-corrected chi connectivity index (χ2v) is 8.36. The predicted octanol–water partition coefficient (Wildman–Crippen LogP) is 3.23. The van der Waals surface area contributed by atoms with Gasteiger partial charge >= 0.3 is 0 Å². The smallest absolute Gasteiger partial charge is 0.162 e. The molecule has 0 amide bonds. The minimum absolute atomic E-state index is 0.179. The van der Waals surface area contributed by atoms with Crippen molar-refractivity contribution in [3.05, 3.63) is 41.7 Å². The molecule has 0 saturated carbocycles. The lowest BCUT2D eigenvalue weighted by Crippen LogP contribution is -2.48. The minimum Gasteiger partial charge on any atom is -0.377 e. The molecule has 3 aromatic rings. The molecule has 2 N–H and O–H groups in total. The van der Waals surface area contributed by atoms with Crippen molar-refractivity contribution in [1.82, 2.24) is 20.3 Å². The van der Waals surface area contributed by atoms with E-state index in [2.05, 4.69) is 60.2 Å². The SMILES string of the molecule is C[C@@H]1COCCN1c1nc(-c2cccc3[nH]ccc23)nc2c1CCNC2(C)C. The van der Waals surface area contributed by atoms with Crippen LogP contribution in [0.1, 0.15) is 32.0 Å². The Balaban J connectivity index is 1.75. The van der Waals surface area contributed by atoms with E-state index in [0.29, 0.717) is 6.04 Å². The highest BCUT2D eigenvalue weighted by atomic mass is 16.5. The van der Waals surface area contributed by atoms with E-state index in [-0.39, 0.29) is 5.54 Å². The van der Waals surface area contributed by atoms with Crippen molar-refractivity contribution in [1.29, 1.82) is 0 Å². The Morgan fingerprint density at radius 1 is 1.21 bits per heavy atom. The number of aromatic amines is 1. The van der Waals surface area contributed by atoms with Crippen LogP contribution in [0.25, 0.3) is 22.3 Å². The number of hydrogen-bond acceptors (Lipinski definition) is 5. The van der Waals surface area contributed by atoms with Crippen molar-refractivity contribution in [2.45, 2.75) is 38.8 Å². The third-order valence-electron chi connectivity index (χ3n) is 5.99. The van der Waals surface area contributed by atoms with Crippen molar-refractivity contribution >= 4 is 16.7 Å². The Kier molecular flexibility index (Phi) is 4.14. The lowest BCUT2D eigenvalue weighted by molar-refractivity contribution is 0.0983. The first-order valence-corrected chi connectivity index (χ1v) is 10.1. The maximum absolute atomic E-state index is 5.68. The maximum atomic E-state index is 5.68. The Labute approximate surface area is 165 Å². The lowest BCUT2D eigenvalue weighted by Gasteiger charge is -2.39. The van der Waals surface area contributed by atoms with E-state index in [1.54, 1.807) is 0 Å². The highest BCUT2D eigenvalue weighted by molar-refractivity contribution is 5.93. The lowest BCUT2D eigenvalue weighted by atomic mass is 9.89. The van der Waals surface area contributed by atoms with Crippen LogP contribution in [0.4, 0.5) is 5.82 Å². The van der Waals surface area contributed by atoms with Crippen LogP contribution in [-0.2, 0) is 16.7 Å². The van der Waals surface area contributed by atoms with E-state index < -0.39 is 0 Å². The summed E-state index contributed by atoms with van der Waals surface area (Å²) in [5, 5.41) is 4.78. The summed E-state index contributed by atoms with van der Waals surface area (Å²) in [6.07, 6.45) is 2.93. The van der Waals surface area contributed by atoms with Gasteiger partial charge in [0.05, 0.1) is 30.5 Å². The molecule has 0 radical (unpaired) electrons. The summed E-state index contributed by atoms with van der Waals surface area (Å²) in [5.41, 5.74) is 4.40. The fraction of sp³-hybridized carbons (Fsp3) is 0.455. The van der Waals surface area contributed by atoms with Gasteiger partial charge in [-0.3, -0.25) is 0 Å². The molecule has 2 aliphatic rings. The number of morpholine rings is 1. The van der Waals surface area contributed by atoms with Gasteiger partial charge in [0.2, 0.25) is 0 Å². The molecule has 1 fully saturated rings. The van der Waals surface area contributed by atoms with Gasteiger partial charge in [-0.25, -0.2) is 9.97 Å². The minimum atomic E-state index is -0.179. The van der Waals surface area contributed by atoms with Crippen molar-refractivity contribution in [2.75, 3.05) is 31.2 Å². The van der Waals surface area contributed by atoms with Gasteiger partial charge in [-0.1, -0.05) is 12.1 Å². The molecule has 2 aromatic heterocycles. The fourth-order valence-electron chi connectivity index (χ4n) is 4.48. The molecule has 1 aromatic carbocycles. The first kappa shape index (κ1) is 17.6. The number of nitrogens with zero attached hydrogens (tertiary/aromatic N) is 3. The summed E-state index contributed by atoms with van der Waals surface area (Å²) >= 11 is 0. The van der Waals surface area contributed by atoms with Crippen molar-refractivity contribution in [2.24, 2.45) is 0 Å². The number of fused-ring (bicyclic) bond motifs is 2. The van der Waals surface area contributed by atoms with Gasteiger partial charge in [0.1, 0.15) is 5.82 Å². The van der Waals surface area contributed by atoms with Gasteiger partial charge in [0, 0.05) is 41.3 Å². The number of rotatable bonds is 2. The number of nitrogens with one attached hydrogen (secondary N) is 2. The van der Waals surface area contributed by atoms with Crippen molar-refractivity contribution in [3.8, 4) is 11.4 Å². The Morgan fingerprint density at radius 2 is 2.11 bits per heavy atom. The van der Waals surface area contributed by atoms with E-state index in [4.69, 9.17) is 14.7 Å². The second-order valence-electron chi connectivity index (χ2n) is 8.36. The zero-order valence-electron chi connectivity index (χ0n) is 16.7. The largest absolute Gasteiger partial charge is 0.377 e. The summed E-state index contributed by atoms with van der Waals surface area (Å²) in [6.45, 7) is 9.94. The molecule has 6 heteroatoms. The van der Waals surface area contributed by atoms with E-state index >= 15 is 0 Å². The molecule has 6 nitrogen and oxygen atoms in total. The van der Waals surface area contributed by atoms with Crippen LogP contribution in [-0.4, -0.2) is 47.3 Å². The second kappa shape index (κ2) is 6.57. The van der Waals surface area contributed by atoms with E-state index in [9.17, 15) is 0 Å². The van der Waals surface area contributed by atoms with Gasteiger partial charge in [0.15, 0.2) is 5.82 Å². The number of benzene rings is 1. The van der Waals surface area contributed by atoms with E-state index in [1.807, 2.05) is 6.20 Å². The molecular formula is C22H27N5O. The molecule has 0 bridgehead atoms. The summed E-state index contributed by atoms with van der Waals surface area (Å²) in [7, 11) is 0. The first-order valence-electron chi connectivity index (χ1n) is 10.1. The Hall–Kier alpha value is -2.44. The molecule has 4 heterocycles. The third-order valence-corrected chi connectivity index (χ3v) is 5.99. The fourth-order valence-corrected chi connectivity index (χ4v) is 4.48. The highest BCUT2D eigenvalue weighted by Crippen LogP contribution is 2.36. The van der Waals surface area contributed by atoms with Gasteiger partial charge in [-0.2, -0.15) is 0 Å². The van der Waals surface area contributed by atoms with E-state index in [0.717, 1.165) is 66.5 Å². The first-order chi connectivity index (χ1) is 13.5. The molecule has 28 heavy (non-hydrogen) atoms. The number of ether oxygens (including phenoxy) is 1. The standard InChI is InChI=1S/C22H27N5O/c1-14-13-28-12-11-27(14)21-17-8-10-24-22(2,3)19(17)25-20(26-21)16-5-4-6-18-15(16)7-9-23-18/h4-7,9,14,23-24H,8,10-13H2,1-3H3/t14-/m1/s1. The highest BCUT2D eigenvalue weighted by Gasteiger charge is 2.34. The predicted molar refractivity (Wildman–Crippen MR) is 112 cm³/mol. The van der Waals surface area contributed by atoms with Crippen LogP contribution >= 0.6 is 0 Å². The van der Waals surface area contributed by atoms with Crippen LogP contribution in [0.5, 0.6) is 0 Å². The molecule has 1 saturated heterocycles. The summed E-state index contributed by atoms with van der Waals surface area (Å²) in [6, 6.07) is 8.69. The summed E-state index contributed by atoms with van der Waals surface area (Å²) in [4.78, 5) is 16.0. The molecule has 146 valence electrons. The number of aromatic nitrogens is 3. The van der Waals surface area contributed by atoms with Crippen LogP contribution in [0.2, 0.25) is 0 Å². The van der Waals surface area contributed by atoms with Crippen LogP contribution in [0.15, 0.2) is 30.5 Å². The molecule has 1 atom stereocenters. The quantitative estimate of drug-likeness (QED) is 0.718. The van der Waals surface area contributed by atoms with Gasteiger partial charge in [-0.05, 0) is 39.3 Å². The molecule has 2 aliphatic heterocycles. The zero-order valence-corrected chi connectivity index (χ0v) is 16.7. The monoisotopic (exact) mass is 377 g/mol. The molecule has 0 spiro atoms. The zero-order chi connectivity index (χ0) is 19.3. The maximum Gasteiger partial charge on any atom is 0.162 e. The Morgan fingerprint density at radius 3 is 2.96 bits per heavy atom. The topological polar surface area (TPSA) is 66.1 Å². The molecule has 5 rings (SSSR count). The van der Waals surface area contributed by atoms with Gasteiger partial charge in [-0.15, -0.1) is 0 Å². The summed E-state index contributed by atoms with van der Waals surface area (Å²) in [5.74, 6) is 1.88. The third kappa shape index (κ3) is 2.79. The number of hydrogen-bond donors (Lipinski definition) is 2. The average molecular weight is 377 g/mol. The van der Waals surface area contributed by atoms with Crippen LogP contribution in [0, 0.1) is 0 Å². The molecular weight excluding hydrogens is 350 g/mol. The number of anilines is 1. The number of H-pyrrole nitrogens is 1. The molecule has 0 unspecified atom stereocenters. The van der Waals surface area contributed by atoms with Gasteiger partial charge < -0.3 is 19.9 Å². The van der Waals surface area contributed by atoms with Crippen molar-refractivity contribution < 1.29 is 4.74 Å². The average Bonchev–Trinajstić information content (AvgIpc) is 3.17. The van der Waals surface area contributed by atoms with Gasteiger partial charge in [0.25, 0.3) is 0 Å². The van der Waals surface area contributed by atoms with Crippen LogP contribution < -0.4 is 10.2 Å². The normalized spacial score (nSPS) is 21.7. The summed E-state index contributed by atoms with van der Waals surface area (Å²) < 4.78 is 5.68. The van der Waals surface area contributed by atoms with E-state index in [1.165, 1.54) is 5.56 Å². The Bertz CT molecular complexity index is 1020. The van der Waals surface area contributed by atoms with Crippen LogP contribution in [0.3, 0.4) is 0 Å².